The molecule has 0 aliphatic heterocycles. The van der Waals surface area contributed by atoms with Crippen LogP contribution in [0.15, 0.2) is 48.8 Å². The molecule has 2 aromatic carbocycles. The molecule has 8 nitrogen and oxygen atoms in total. The standard InChI is InChI=1S/C25H25IN6O2/c1-34-20-11-10-17(26)12-19(20)25(33)28-13-15-6-8-16(9-7-15)22-21-23(27)29-14-30-24(21)32(31-22)18-4-2-3-5-18/h6-12,14,18H,2-5,13H2,1H3,(H,28,33)(H2,27,29,30). The van der Waals surface area contributed by atoms with Gasteiger partial charge in [-0.05, 0) is 59.2 Å². The first kappa shape index (κ1) is 22.6. The molecule has 2 heterocycles. The predicted octanol–water partition coefficient (Wildman–Crippen LogP) is 4.73. The molecule has 3 N–H and O–H groups in total. The number of nitrogens with two attached hydrogens (primary N) is 1. The van der Waals surface area contributed by atoms with Gasteiger partial charge >= 0.3 is 0 Å². The average Bonchev–Trinajstić information content (AvgIpc) is 3.52. The van der Waals surface area contributed by atoms with Crippen LogP contribution < -0.4 is 15.8 Å². The summed E-state index contributed by atoms with van der Waals surface area (Å²) in [6.45, 7) is 0.399. The Morgan fingerprint density at radius 1 is 1.18 bits per heavy atom. The predicted molar refractivity (Wildman–Crippen MR) is 140 cm³/mol. The lowest BCUT2D eigenvalue weighted by molar-refractivity contribution is 0.0948. The van der Waals surface area contributed by atoms with E-state index in [0.717, 1.165) is 44.3 Å². The number of aromatic nitrogens is 4. The third-order valence-electron chi connectivity index (χ3n) is 6.28. The van der Waals surface area contributed by atoms with Gasteiger partial charge in [0.05, 0.1) is 24.1 Å². The number of hydrogen-bond acceptors (Lipinski definition) is 6. The normalized spacial score (nSPS) is 13.9. The number of nitrogens with one attached hydrogen (secondary N) is 1. The van der Waals surface area contributed by atoms with Crippen LogP contribution in [0.25, 0.3) is 22.3 Å². The molecule has 9 heteroatoms. The highest BCUT2D eigenvalue weighted by Gasteiger charge is 2.24. The first-order chi connectivity index (χ1) is 16.5. The number of carbonyl (C=O) groups is 1. The van der Waals surface area contributed by atoms with E-state index in [1.54, 1.807) is 13.2 Å². The Labute approximate surface area is 211 Å². The number of carbonyl (C=O) groups excluding carboxylic acids is 1. The quantitative estimate of drug-likeness (QED) is 0.326. The molecule has 0 unspecified atom stereocenters. The van der Waals surface area contributed by atoms with Gasteiger partial charge in [0.2, 0.25) is 0 Å². The molecule has 0 radical (unpaired) electrons. The number of ether oxygens (including phenoxy) is 1. The lowest BCUT2D eigenvalue weighted by Gasteiger charge is -2.10. The summed E-state index contributed by atoms with van der Waals surface area (Å²) < 4.78 is 8.33. The van der Waals surface area contributed by atoms with E-state index in [-0.39, 0.29) is 5.91 Å². The molecule has 0 spiro atoms. The fourth-order valence-corrected chi connectivity index (χ4v) is 5.01. The summed E-state index contributed by atoms with van der Waals surface area (Å²) in [5.41, 5.74) is 10.3. The van der Waals surface area contributed by atoms with Crippen LogP contribution in [0.4, 0.5) is 5.82 Å². The van der Waals surface area contributed by atoms with Crippen molar-refractivity contribution in [2.45, 2.75) is 38.3 Å². The van der Waals surface area contributed by atoms with Crippen molar-refractivity contribution in [2.24, 2.45) is 0 Å². The number of nitrogen functional groups attached to an aromatic ring is 1. The smallest absolute Gasteiger partial charge is 0.255 e. The Kier molecular flexibility index (Phi) is 6.36. The molecule has 1 saturated carbocycles. The Hall–Kier alpha value is -3.21. The molecule has 0 saturated heterocycles. The van der Waals surface area contributed by atoms with Crippen LogP contribution >= 0.6 is 22.6 Å². The van der Waals surface area contributed by atoms with Crippen LogP contribution in [0.3, 0.4) is 0 Å². The van der Waals surface area contributed by atoms with Crippen molar-refractivity contribution in [3.8, 4) is 17.0 Å². The average molecular weight is 568 g/mol. The second-order valence-corrected chi connectivity index (χ2v) is 9.66. The summed E-state index contributed by atoms with van der Waals surface area (Å²) in [7, 11) is 1.56. The van der Waals surface area contributed by atoms with Gasteiger partial charge in [0.1, 0.15) is 23.6 Å². The molecule has 0 atom stereocenters. The van der Waals surface area contributed by atoms with Crippen LogP contribution in [-0.2, 0) is 6.54 Å². The van der Waals surface area contributed by atoms with Gasteiger partial charge in [0.25, 0.3) is 5.91 Å². The van der Waals surface area contributed by atoms with Gasteiger partial charge in [-0.2, -0.15) is 5.10 Å². The first-order valence-electron chi connectivity index (χ1n) is 11.2. The van der Waals surface area contributed by atoms with E-state index in [1.165, 1.54) is 19.2 Å². The molecule has 34 heavy (non-hydrogen) atoms. The van der Waals surface area contributed by atoms with E-state index in [2.05, 4.69) is 37.9 Å². The summed E-state index contributed by atoms with van der Waals surface area (Å²) in [5.74, 6) is 0.815. The van der Waals surface area contributed by atoms with Gasteiger partial charge in [0.15, 0.2) is 5.65 Å². The van der Waals surface area contributed by atoms with Gasteiger partial charge in [-0.3, -0.25) is 4.79 Å². The Morgan fingerprint density at radius 3 is 2.68 bits per heavy atom. The minimum absolute atomic E-state index is 0.175. The first-order valence-corrected chi connectivity index (χ1v) is 12.3. The Balaban J connectivity index is 1.38. The van der Waals surface area contributed by atoms with Crippen molar-refractivity contribution >= 4 is 45.3 Å². The van der Waals surface area contributed by atoms with Crippen molar-refractivity contribution in [1.29, 1.82) is 0 Å². The molecule has 1 aliphatic carbocycles. The van der Waals surface area contributed by atoms with Gasteiger partial charge in [-0.15, -0.1) is 0 Å². The number of halogens is 1. The minimum atomic E-state index is -0.175. The zero-order valence-electron chi connectivity index (χ0n) is 18.8. The number of amides is 1. The van der Waals surface area contributed by atoms with E-state index in [4.69, 9.17) is 15.6 Å². The summed E-state index contributed by atoms with van der Waals surface area (Å²) in [4.78, 5) is 21.4. The highest BCUT2D eigenvalue weighted by Crippen LogP contribution is 2.36. The topological polar surface area (TPSA) is 108 Å². The van der Waals surface area contributed by atoms with E-state index in [1.807, 2.05) is 41.1 Å². The highest BCUT2D eigenvalue weighted by atomic mass is 127. The number of fused-ring (bicyclic) bond motifs is 1. The van der Waals surface area contributed by atoms with Crippen molar-refractivity contribution in [2.75, 3.05) is 12.8 Å². The number of methoxy groups -OCH3 is 1. The van der Waals surface area contributed by atoms with E-state index >= 15 is 0 Å². The van der Waals surface area contributed by atoms with Gasteiger partial charge in [-0.1, -0.05) is 37.1 Å². The number of hydrogen-bond donors (Lipinski definition) is 2. The monoisotopic (exact) mass is 568 g/mol. The SMILES string of the molecule is COc1ccc(I)cc1C(=O)NCc1ccc(-c2nn(C3CCCC3)c3ncnc(N)c23)cc1. The third kappa shape index (κ3) is 4.31. The van der Waals surface area contributed by atoms with Crippen LogP contribution in [0, 0.1) is 3.57 Å². The second kappa shape index (κ2) is 9.57. The fraction of sp³-hybridized carbons (Fsp3) is 0.280. The van der Waals surface area contributed by atoms with Crippen LogP contribution in [0.1, 0.15) is 47.6 Å². The molecule has 1 amide bonds. The maximum atomic E-state index is 12.7. The molecular formula is C25H25IN6O2. The number of anilines is 1. The number of nitrogens with zero attached hydrogens (tertiary/aromatic N) is 4. The maximum Gasteiger partial charge on any atom is 0.255 e. The molecule has 174 valence electrons. The summed E-state index contributed by atoms with van der Waals surface area (Å²) in [6, 6.07) is 13.8. The van der Waals surface area contributed by atoms with Gasteiger partial charge < -0.3 is 15.8 Å². The largest absolute Gasteiger partial charge is 0.496 e. The van der Waals surface area contributed by atoms with Crippen LogP contribution in [-0.4, -0.2) is 32.8 Å². The van der Waals surface area contributed by atoms with Crippen molar-refractivity contribution in [1.82, 2.24) is 25.1 Å². The van der Waals surface area contributed by atoms with Crippen LogP contribution in [0.2, 0.25) is 0 Å². The molecule has 0 bridgehead atoms. The van der Waals surface area contributed by atoms with Crippen molar-refractivity contribution < 1.29 is 9.53 Å². The molecular weight excluding hydrogens is 543 g/mol. The fourth-order valence-electron chi connectivity index (χ4n) is 4.52. The molecule has 1 fully saturated rings. The lowest BCUT2D eigenvalue weighted by atomic mass is 10.1. The summed E-state index contributed by atoms with van der Waals surface area (Å²) in [6.07, 6.45) is 6.11. The summed E-state index contributed by atoms with van der Waals surface area (Å²) in [5, 5.41) is 8.69. The highest BCUT2D eigenvalue weighted by molar-refractivity contribution is 14.1. The zero-order chi connectivity index (χ0) is 23.7. The van der Waals surface area contributed by atoms with Crippen molar-refractivity contribution in [3.05, 3.63) is 63.5 Å². The second-order valence-electron chi connectivity index (χ2n) is 8.41. The lowest BCUT2D eigenvalue weighted by Crippen LogP contribution is -2.23. The van der Waals surface area contributed by atoms with Gasteiger partial charge in [0, 0.05) is 15.7 Å². The van der Waals surface area contributed by atoms with Crippen LogP contribution in [0.5, 0.6) is 5.75 Å². The third-order valence-corrected chi connectivity index (χ3v) is 6.95. The van der Waals surface area contributed by atoms with Crippen molar-refractivity contribution in [3.63, 3.8) is 0 Å². The minimum Gasteiger partial charge on any atom is -0.496 e. The molecule has 1 aliphatic rings. The van der Waals surface area contributed by atoms with Gasteiger partial charge in [-0.25, -0.2) is 14.6 Å². The number of benzene rings is 2. The molecule has 4 aromatic rings. The number of rotatable bonds is 6. The Morgan fingerprint density at radius 2 is 1.94 bits per heavy atom. The Bertz CT molecular complexity index is 1350. The summed E-state index contributed by atoms with van der Waals surface area (Å²) >= 11 is 2.18. The molecule has 5 rings (SSSR count). The van der Waals surface area contributed by atoms with E-state index in [0.29, 0.717) is 29.7 Å². The maximum absolute atomic E-state index is 12.7. The van der Waals surface area contributed by atoms with E-state index < -0.39 is 0 Å². The molecule has 2 aromatic heterocycles. The van der Waals surface area contributed by atoms with E-state index in [9.17, 15) is 4.79 Å². The zero-order valence-corrected chi connectivity index (χ0v) is 20.9.